The lowest BCUT2D eigenvalue weighted by Crippen LogP contribution is -2.45. The smallest absolute Gasteiger partial charge is 0.411 e. The lowest BCUT2D eigenvalue weighted by Gasteiger charge is -2.27. The lowest BCUT2D eigenvalue weighted by molar-refractivity contribution is -0.142. The van der Waals surface area contributed by atoms with Gasteiger partial charge in [0.15, 0.2) is 0 Å². The van der Waals surface area contributed by atoms with Crippen molar-refractivity contribution in [1.29, 1.82) is 0 Å². The Balaban J connectivity index is 2.19. The van der Waals surface area contributed by atoms with Gasteiger partial charge in [-0.3, -0.25) is 4.90 Å². The number of nitrogens with two attached hydrogens (primary N) is 1. The molecule has 2 rings (SSSR count). The number of ether oxygens (including phenoxy) is 1. The van der Waals surface area contributed by atoms with Crippen molar-refractivity contribution in [2.24, 2.45) is 17.6 Å². The molecule has 0 aromatic rings. The second-order valence-electron chi connectivity index (χ2n) is 6.12. The van der Waals surface area contributed by atoms with Crippen LogP contribution in [0.4, 0.5) is 4.79 Å². The van der Waals surface area contributed by atoms with Crippen LogP contribution in [0.1, 0.15) is 20.8 Å². The third-order valence-electron chi connectivity index (χ3n) is 3.53. The van der Waals surface area contributed by atoms with E-state index in [9.17, 15) is 14.7 Å². The Morgan fingerprint density at radius 1 is 1.37 bits per heavy atom. The summed E-state index contributed by atoms with van der Waals surface area (Å²) in [5, 5.41) is 9.34. The molecule has 1 aliphatic heterocycles. The molecule has 1 heterocycles. The van der Waals surface area contributed by atoms with Gasteiger partial charge in [0.1, 0.15) is 11.6 Å². The first kappa shape index (κ1) is 13.9. The Morgan fingerprint density at radius 2 is 2.00 bits per heavy atom. The summed E-state index contributed by atoms with van der Waals surface area (Å²) in [6.07, 6.45) is 3.03. The standard InChI is InChI=1S/C13H20N2O4/c1-13(2,3)19-12(18)15-6-8-7(4-5-9(8)14)10(15)11(16)17/h4-5,7-10H,6,14H2,1-3H3,(H,16,17). The molecule has 6 nitrogen and oxygen atoms in total. The van der Waals surface area contributed by atoms with Crippen molar-refractivity contribution >= 4 is 12.1 Å². The number of aliphatic carboxylic acids is 1. The second kappa shape index (κ2) is 4.52. The number of carboxylic acids is 1. The van der Waals surface area contributed by atoms with Crippen LogP contribution in [-0.2, 0) is 9.53 Å². The Hall–Kier alpha value is -1.56. The average molecular weight is 268 g/mol. The Morgan fingerprint density at radius 3 is 2.53 bits per heavy atom. The van der Waals surface area contributed by atoms with Crippen LogP contribution in [0.5, 0.6) is 0 Å². The van der Waals surface area contributed by atoms with Crippen molar-refractivity contribution in [2.45, 2.75) is 38.5 Å². The summed E-state index contributed by atoms with van der Waals surface area (Å²) in [6, 6.07) is -1.08. The number of nitrogens with zero attached hydrogens (tertiary/aromatic N) is 1. The largest absolute Gasteiger partial charge is 0.480 e. The molecule has 1 amide bonds. The molecular weight excluding hydrogens is 248 g/mol. The van der Waals surface area contributed by atoms with E-state index in [1.807, 2.05) is 6.08 Å². The van der Waals surface area contributed by atoms with Gasteiger partial charge in [0.05, 0.1) is 0 Å². The number of carbonyl (C=O) groups is 2. The predicted molar refractivity (Wildman–Crippen MR) is 68.5 cm³/mol. The number of amides is 1. The minimum absolute atomic E-state index is 0.0337. The monoisotopic (exact) mass is 268 g/mol. The topological polar surface area (TPSA) is 92.9 Å². The molecule has 0 saturated carbocycles. The zero-order valence-corrected chi connectivity index (χ0v) is 11.4. The molecule has 0 bridgehead atoms. The van der Waals surface area contributed by atoms with Crippen molar-refractivity contribution in [3.8, 4) is 0 Å². The molecular formula is C13H20N2O4. The molecule has 0 aromatic carbocycles. The Labute approximate surface area is 112 Å². The van der Waals surface area contributed by atoms with Crippen molar-refractivity contribution in [2.75, 3.05) is 6.54 Å². The normalized spacial score (nSPS) is 33.4. The summed E-state index contributed by atoms with van der Waals surface area (Å²) in [5.74, 6) is -1.27. The van der Waals surface area contributed by atoms with Gasteiger partial charge in [-0.15, -0.1) is 0 Å². The first-order valence-corrected chi connectivity index (χ1v) is 6.37. The number of rotatable bonds is 1. The molecule has 2 aliphatic rings. The summed E-state index contributed by atoms with van der Waals surface area (Å²) in [7, 11) is 0. The fourth-order valence-electron chi connectivity index (χ4n) is 2.74. The third-order valence-corrected chi connectivity index (χ3v) is 3.53. The molecule has 1 saturated heterocycles. The highest BCUT2D eigenvalue weighted by molar-refractivity contribution is 5.82. The summed E-state index contributed by atoms with van der Waals surface area (Å²) < 4.78 is 5.26. The Bertz CT molecular complexity index is 427. The van der Waals surface area contributed by atoms with E-state index in [2.05, 4.69) is 0 Å². The van der Waals surface area contributed by atoms with Gasteiger partial charge in [-0.25, -0.2) is 9.59 Å². The Kier molecular flexibility index (Phi) is 3.30. The molecule has 0 aromatic heterocycles. The average Bonchev–Trinajstić information content (AvgIpc) is 2.76. The van der Waals surface area contributed by atoms with E-state index in [1.54, 1.807) is 26.8 Å². The summed E-state index contributed by atoms with van der Waals surface area (Å²) in [4.78, 5) is 24.8. The maximum absolute atomic E-state index is 12.1. The highest BCUT2D eigenvalue weighted by Crippen LogP contribution is 2.38. The quantitative estimate of drug-likeness (QED) is 0.687. The van der Waals surface area contributed by atoms with Gasteiger partial charge < -0.3 is 15.6 Å². The molecule has 19 heavy (non-hydrogen) atoms. The fourth-order valence-corrected chi connectivity index (χ4v) is 2.74. The van der Waals surface area contributed by atoms with Gasteiger partial charge in [0.25, 0.3) is 0 Å². The highest BCUT2D eigenvalue weighted by atomic mass is 16.6. The molecule has 1 aliphatic carbocycles. The van der Waals surface area contributed by atoms with Crippen molar-refractivity contribution in [1.82, 2.24) is 4.90 Å². The van der Waals surface area contributed by atoms with Gasteiger partial charge in [-0.2, -0.15) is 0 Å². The molecule has 4 unspecified atom stereocenters. The van der Waals surface area contributed by atoms with Gasteiger partial charge in [-0.1, -0.05) is 12.2 Å². The minimum Gasteiger partial charge on any atom is -0.480 e. The SMILES string of the molecule is CC(C)(C)OC(=O)N1CC2C(N)C=CC2C1C(=O)O. The van der Waals surface area contributed by atoms with Gasteiger partial charge in [0.2, 0.25) is 0 Å². The maximum atomic E-state index is 12.1. The van der Waals surface area contributed by atoms with E-state index < -0.39 is 23.7 Å². The first-order chi connectivity index (χ1) is 8.70. The van der Waals surface area contributed by atoms with Crippen LogP contribution in [-0.4, -0.2) is 46.3 Å². The van der Waals surface area contributed by atoms with Crippen LogP contribution in [0, 0.1) is 11.8 Å². The number of hydrogen-bond donors (Lipinski definition) is 2. The maximum Gasteiger partial charge on any atom is 0.411 e. The second-order valence-corrected chi connectivity index (χ2v) is 6.12. The van der Waals surface area contributed by atoms with Gasteiger partial charge >= 0.3 is 12.1 Å². The van der Waals surface area contributed by atoms with Crippen LogP contribution in [0.3, 0.4) is 0 Å². The van der Waals surface area contributed by atoms with Crippen molar-refractivity contribution in [3.63, 3.8) is 0 Å². The van der Waals surface area contributed by atoms with Crippen LogP contribution in [0.25, 0.3) is 0 Å². The molecule has 0 spiro atoms. The lowest BCUT2D eigenvalue weighted by atomic mass is 9.92. The number of carbonyl (C=O) groups excluding carboxylic acids is 1. The van der Waals surface area contributed by atoms with E-state index in [-0.39, 0.29) is 17.9 Å². The molecule has 106 valence electrons. The summed E-state index contributed by atoms with van der Waals surface area (Å²) in [6.45, 7) is 5.58. The van der Waals surface area contributed by atoms with Gasteiger partial charge in [-0.05, 0) is 20.8 Å². The molecule has 3 N–H and O–H groups in total. The number of fused-ring (bicyclic) bond motifs is 1. The zero-order chi connectivity index (χ0) is 14.4. The van der Waals surface area contributed by atoms with E-state index in [0.29, 0.717) is 6.54 Å². The number of hydrogen-bond acceptors (Lipinski definition) is 4. The van der Waals surface area contributed by atoms with Crippen LogP contribution < -0.4 is 5.73 Å². The number of likely N-dealkylation sites (tertiary alicyclic amines) is 1. The van der Waals surface area contributed by atoms with Gasteiger partial charge in [0, 0.05) is 24.4 Å². The minimum atomic E-state index is -1.02. The predicted octanol–water partition coefficient (Wildman–Crippen LogP) is 0.820. The summed E-state index contributed by atoms with van der Waals surface area (Å²) in [5.41, 5.74) is 5.27. The number of carboxylic acid groups (broad SMARTS) is 1. The van der Waals surface area contributed by atoms with Crippen molar-refractivity contribution in [3.05, 3.63) is 12.2 Å². The van der Waals surface area contributed by atoms with E-state index in [4.69, 9.17) is 10.5 Å². The third kappa shape index (κ3) is 2.58. The molecule has 1 fully saturated rings. The van der Waals surface area contributed by atoms with E-state index in [1.165, 1.54) is 4.90 Å². The first-order valence-electron chi connectivity index (χ1n) is 6.37. The molecule has 4 atom stereocenters. The van der Waals surface area contributed by atoms with E-state index >= 15 is 0 Å². The molecule has 6 heteroatoms. The van der Waals surface area contributed by atoms with Crippen LogP contribution in [0.15, 0.2) is 12.2 Å². The summed E-state index contributed by atoms with van der Waals surface area (Å²) >= 11 is 0. The van der Waals surface area contributed by atoms with Crippen molar-refractivity contribution < 1.29 is 19.4 Å². The fraction of sp³-hybridized carbons (Fsp3) is 0.692. The molecule has 0 radical (unpaired) electrons. The zero-order valence-electron chi connectivity index (χ0n) is 11.4. The van der Waals surface area contributed by atoms with E-state index in [0.717, 1.165) is 0 Å². The van der Waals surface area contributed by atoms with Crippen LogP contribution in [0.2, 0.25) is 0 Å². The highest BCUT2D eigenvalue weighted by Gasteiger charge is 2.51. The van der Waals surface area contributed by atoms with Crippen LogP contribution >= 0.6 is 0 Å².